The zero-order valence-corrected chi connectivity index (χ0v) is 14.7. The van der Waals surface area contributed by atoms with Crippen molar-refractivity contribution >= 4 is 33.9 Å². The predicted octanol–water partition coefficient (Wildman–Crippen LogP) is 3.54. The third-order valence-electron chi connectivity index (χ3n) is 3.98. The lowest BCUT2D eigenvalue weighted by molar-refractivity contribution is 0.0701. The van der Waals surface area contributed by atoms with Crippen LogP contribution in [0.25, 0.3) is 0 Å². The van der Waals surface area contributed by atoms with Crippen molar-refractivity contribution in [1.29, 1.82) is 5.26 Å². The van der Waals surface area contributed by atoms with Crippen LogP contribution in [0.1, 0.15) is 26.4 Å². The fourth-order valence-electron chi connectivity index (χ4n) is 2.75. The van der Waals surface area contributed by atoms with Gasteiger partial charge in [0.05, 0.1) is 18.8 Å². The van der Waals surface area contributed by atoms with Crippen molar-refractivity contribution in [2.45, 2.75) is 6.42 Å². The smallest absolute Gasteiger partial charge is 0.346 e. The zero-order chi connectivity index (χ0) is 18.0. The average Bonchev–Trinajstić information content (AvgIpc) is 2.96. The topological polar surface area (TPSA) is 73.6 Å². The van der Waals surface area contributed by atoms with Crippen LogP contribution in [0.5, 0.6) is 0 Å². The number of aromatic carboxylic acids is 1. The van der Waals surface area contributed by atoms with Crippen LogP contribution in [0.15, 0.2) is 18.2 Å². The summed E-state index contributed by atoms with van der Waals surface area (Å²) in [6, 6.07) is 6.34. The van der Waals surface area contributed by atoms with Crippen LogP contribution in [-0.4, -0.2) is 37.4 Å². The highest BCUT2D eigenvalue weighted by atomic mass is 35.5. The number of benzene rings is 1. The third kappa shape index (κ3) is 3.61. The van der Waals surface area contributed by atoms with Gasteiger partial charge in [-0.2, -0.15) is 5.26 Å². The fraction of sp³-hybridized carbons (Fsp3) is 0.294. The number of nitriles is 1. The van der Waals surface area contributed by atoms with Crippen molar-refractivity contribution in [3.8, 4) is 6.07 Å². The van der Waals surface area contributed by atoms with Gasteiger partial charge in [0.1, 0.15) is 21.8 Å². The molecule has 1 aromatic carbocycles. The maximum absolute atomic E-state index is 14.1. The molecule has 0 radical (unpaired) electrons. The predicted molar refractivity (Wildman–Crippen MR) is 93.2 cm³/mol. The Bertz CT molecular complexity index is 856. The number of thiophene rings is 1. The number of carbonyl (C=O) groups is 1. The Kier molecular flexibility index (Phi) is 5.23. The number of hydrogen-bond donors (Lipinski definition) is 1. The van der Waals surface area contributed by atoms with Crippen molar-refractivity contribution < 1.29 is 19.0 Å². The van der Waals surface area contributed by atoms with Crippen molar-refractivity contribution in [2.24, 2.45) is 0 Å². The maximum Gasteiger partial charge on any atom is 0.346 e. The molecule has 0 saturated carbocycles. The van der Waals surface area contributed by atoms with E-state index < -0.39 is 11.8 Å². The highest BCUT2D eigenvalue weighted by molar-refractivity contribution is 7.18. The van der Waals surface area contributed by atoms with Gasteiger partial charge in [0.2, 0.25) is 0 Å². The summed E-state index contributed by atoms with van der Waals surface area (Å²) in [6.45, 7) is 2.21. The number of morpholine rings is 1. The van der Waals surface area contributed by atoms with Gasteiger partial charge < -0.3 is 14.7 Å². The summed E-state index contributed by atoms with van der Waals surface area (Å²) in [4.78, 5) is 13.7. The number of carboxylic acids is 1. The highest BCUT2D eigenvalue weighted by Crippen LogP contribution is 2.38. The second-order valence-corrected chi connectivity index (χ2v) is 6.95. The molecule has 1 aliphatic heterocycles. The van der Waals surface area contributed by atoms with Crippen LogP contribution in [-0.2, 0) is 11.2 Å². The molecule has 5 nitrogen and oxygen atoms in total. The number of halogens is 2. The van der Waals surface area contributed by atoms with Gasteiger partial charge in [-0.3, -0.25) is 0 Å². The molecule has 0 bridgehead atoms. The first kappa shape index (κ1) is 17.7. The van der Waals surface area contributed by atoms with E-state index in [0.717, 1.165) is 11.3 Å². The van der Waals surface area contributed by atoms with Crippen molar-refractivity contribution in [3.05, 3.63) is 50.6 Å². The Morgan fingerprint density at radius 1 is 1.44 bits per heavy atom. The lowest BCUT2D eigenvalue weighted by Crippen LogP contribution is -2.36. The highest BCUT2D eigenvalue weighted by Gasteiger charge is 2.27. The summed E-state index contributed by atoms with van der Waals surface area (Å²) in [7, 11) is 0. The van der Waals surface area contributed by atoms with E-state index >= 15 is 0 Å². The lowest BCUT2D eigenvalue weighted by atomic mass is 10.0. The third-order valence-corrected chi connectivity index (χ3v) is 5.49. The molecule has 2 heterocycles. The largest absolute Gasteiger partial charge is 0.477 e. The number of hydrogen-bond acceptors (Lipinski definition) is 5. The van der Waals surface area contributed by atoms with Gasteiger partial charge in [-0.05, 0) is 17.7 Å². The minimum Gasteiger partial charge on any atom is -0.477 e. The van der Waals surface area contributed by atoms with Crippen LogP contribution >= 0.6 is 22.9 Å². The molecule has 1 aromatic heterocycles. The molecule has 1 aliphatic rings. The standard InChI is InChI=1S/C17H14ClFN2O3S/c18-11-2-1-10(14(19)8-11)7-12-13(9-20)16(25-15(12)17(22)23)21-3-5-24-6-4-21/h1-2,8H,3-7H2,(H,22,23). The van der Waals surface area contributed by atoms with Gasteiger partial charge in [0, 0.05) is 30.1 Å². The van der Waals surface area contributed by atoms with Crippen LogP contribution in [0.3, 0.4) is 0 Å². The first-order valence-electron chi connectivity index (χ1n) is 7.57. The quantitative estimate of drug-likeness (QED) is 0.878. The monoisotopic (exact) mass is 380 g/mol. The van der Waals surface area contributed by atoms with Crippen molar-refractivity contribution in [2.75, 3.05) is 31.2 Å². The van der Waals surface area contributed by atoms with Crippen molar-refractivity contribution in [3.63, 3.8) is 0 Å². The first-order valence-corrected chi connectivity index (χ1v) is 8.76. The van der Waals surface area contributed by atoms with Gasteiger partial charge in [-0.25, -0.2) is 9.18 Å². The molecular formula is C17H14ClFN2O3S. The van der Waals surface area contributed by atoms with E-state index in [2.05, 4.69) is 6.07 Å². The van der Waals surface area contributed by atoms with Crippen LogP contribution in [0, 0.1) is 17.1 Å². The number of nitrogens with zero attached hydrogens (tertiary/aromatic N) is 2. The summed E-state index contributed by atoms with van der Waals surface area (Å²) in [5.41, 5.74) is 0.927. The fourth-order valence-corrected chi connectivity index (χ4v) is 4.07. The van der Waals surface area contributed by atoms with Crippen LogP contribution in [0.2, 0.25) is 5.02 Å². The lowest BCUT2D eigenvalue weighted by Gasteiger charge is -2.27. The van der Waals surface area contributed by atoms with Crippen molar-refractivity contribution in [1.82, 2.24) is 0 Å². The molecule has 1 saturated heterocycles. The van der Waals surface area contributed by atoms with E-state index in [4.69, 9.17) is 16.3 Å². The summed E-state index contributed by atoms with van der Waals surface area (Å²) in [5.74, 6) is -1.64. The molecule has 130 valence electrons. The Morgan fingerprint density at radius 2 is 2.16 bits per heavy atom. The Morgan fingerprint density at radius 3 is 2.76 bits per heavy atom. The van der Waals surface area contributed by atoms with E-state index in [9.17, 15) is 19.6 Å². The Hall–Kier alpha value is -2.14. The molecule has 0 aliphatic carbocycles. The summed E-state index contributed by atoms with van der Waals surface area (Å²) >= 11 is 6.82. The zero-order valence-electron chi connectivity index (χ0n) is 13.1. The van der Waals surface area contributed by atoms with Gasteiger partial charge in [0.15, 0.2) is 0 Å². The normalized spacial score (nSPS) is 14.4. The minimum atomic E-state index is -1.12. The van der Waals surface area contributed by atoms with Crippen LogP contribution in [0.4, 0.5) is 9.39 Å². The molecule has 1 fully saturated rings. The number of rotatable bonds is 4. The number of anilines is 1. The van der Waals surface area contributed by atoms with Gasteiger partial charge in [-0.1, -0.05) is 17.7 Å². The average molecular weight is 381 g/mol. The second-order valence-electron chi connectivity index (χ2n) is 5.52. The van der Waals surface area contributed by atoms with Gasteiger partial charge in [0.25, 0.3) is 0 Å². The summed E-state index contributed by atoms with van der Waals surface area (Å²) in [6.07, 6.45) is 0.0222. The van der Waals surface area contributed by atoms with E-state index in [1.807, 2.05) is 4.90 Å². The van der Waals surface area contributed by atoms with Gasteiger partial charge in [-0.15, -0.1) is 11.3 Å². The summed E-state index contributed by atoms with van der Waals surface area (Å²) < 4.78 is 19.4. The Balaban J connectivity index is 2.06. The van der Waals surface area contributed by atoms with Crippen LogP contribution < -0.4 is 4.90 Å². The first-order chi connectivity index (χ1) is 12.0. The minimum absolute atomic E-state index is 0.0222. The molecular weight excluding hydrogens is 367 g/mol. The second kappa shape index (κ2) is 7.40. The summed E-state index contributed by atoms with van der Waals surface area (Å²) in [5, 5.41) is 20.0. The number of ether oxygens (including phenoxy) is 1. The Labute approximate surface area is 152 Å². The molecule has 3 rings (SSSR count). The molecule has 0 atom stereocenters. The molecule has 1 N–H and O–H groups in total. The molecule has 0 amide bonds. The SMILES string of the molecule is N#Cc1c(N2CCOCC2)sc(C(=O)O)c1Cc1ccc(Cl)cc1F. The molecule has 2 aromatic rings. The van der Waals surface area contributed by atoms with E-state index in [-0.39, 0.29) is 16.3 Å². The molecule has 8 heteroatoms. The van der Waals surface area contributed by atoms with E-state index in [0.29, 0.717) is 48.0 Å². The van der Waals surface area contributed by atoms with E-state index in [1.54, 1.807) is 6.07 Å². The van der Waals surface area contributed by atoms with E-state index in [1.165, 1.54) is 12.1 Å². The maximum atomic E-state index is 14.1. The van der Waals surface area contributed by atoms with Gasteiger partial charge >= 0.3 is 5.97 Å². The number of carboxylic acid groups (broad SMARTS) is 1. The molecule has 25 heavy (non-hydrogen) atoms. The molecule has 0 spiro atoms. The molecule has 0 unspecified atom stereocenters.